The van der Waals surface area contributed by atoms with Crippen molar-refractivity contribution >= 4 is 28.6 Å². The van der Waals surface area contributed by atoms with Crippen LogP contribution in [0, 0.1) is 5.92 Å². The number of aliphatic carboxylic acids is 1. The summed E-state index contributed by atoms with van der Waals surface area (Å²) < 4.78 is 2.16. The fourth-order valence-electron chi connectivity index (χ4n) is 2.33. The SMILES string of the molecule is CC(C)Cn1ccc2cc(NC(=O)NCC(C)(O)C(=O)O)ccc21. The van der Waals surface area contributed by atoms with Crippen LogP contribution >= 0.6 is 0 Å². The van der Waals surface area contributed by atoms with Gasteiger partial charge in [0.2, 0.25) is 0 Å². The fourth-order valence-corrected chi connectivity index (χ4v) is 2.33. The Morgan fingerprint density at radius 2 is 2.00 bits per heavy atom. The lowest BCUT2D eigenvalue weighted by atomic mass is 10.1. The summed E-state index contributed by atoms with van der Waals surface area (Å²) in [5.74, 6) is -0.859. The van der Waals surface area contributed by atoms with Crippen LogP contribution in [-0.2, 0) is 11.3 Å². The third-order valence-electron chi connectivity index (χ3n) is 3.64. The number of amides is 2. The average Bonchev–Trinajstić information content (AvgIpc) is 2.87. The predicted molar refractivity (Wildman–Crippen MR) is 92.1 cm³/mol. The van der Waals surface area contributed by atoms with Crippen LogP contribution in [-0.4, -0.2) is 38.9 Å². The highest BCUT2D eigenvalue weighted by molar-refractivity contribution is 5.93. The Bertz CT molecular complexity index is 749. The number of nitrogens with one attached hydrogen (secondary N) is 2. The number of fused-ring (bicyclic) bond motifs is 1. The molecule has 1 aromatic heterocycles. The smallest absolute Gasteiger partial charge is 0.337 e. The highest BCUT2D eigenvalue weighted by Crippen LogP contribution is 2.21. The van der Waals surface area contributed by atoms with E-state index >= 15 is 0 Å². The largest absolute Gasteiger partial charge is 0.479 e. The van der Waals surface area contributed by atoms with E-state index in [4.69, 9.17) is 5.11 Å². The Balaban J connectivity index is 2.02. The zero-order valence-electron chi connectivity index (χ0n) is 14.0. The van der Waals surface area contributed by atoms with Crippen LogP contribution in [0.5, 0.6) is 0 Å². The van der Waals surface area contributed by atoms with E-state index in [9.17, 15) is 14.7 Å². The number of rotatable bonds is 6. The molecule has 0 spiro atoms. The average molecular weight is 333 g/mol. The van der Waals surface area contributed by atoms with Crippen LogP contribution in [0.4, 0.5) is 10.5 Å². The van der Waals surface area contributed by atoms with Gasteiger partial charge in [-0.1, -0.05) is 13.8 Å². The Kier molecular flexibility index (Phi) is 5.14. The number of aliphatic hydroxyl groups is 1. The molecule has 1 aromatic carbocycles. The third kappa shape index (κ3) is 4.26. The lowest BCUT2D eigenvalue weighted by molar-refractivity contribution is -0.155. The van der Waals surface area contributed by atoms with E-state index in [-0.39, 0.29) is 6.54 Å². The number of carbonyl (C=O) groups excluding carboxylic acids is 1. The van der Waals surface area contributed by atoms with Crippen molar-refractivity contribution in [1.82, 2.24) is 9.88 Å². The van der Waals surface area contributed by atoms with E-state index in [1.54, 1.807) is 6.07 Å². The number of hydrogen-bond donors (Lipinski definition) is 4. The number of hydrogen-bond acceptors (Lipinski definition) is 3. The van der Waals surface area contributed by atoms with Crippen LogP contribution in [0.2, 0.25) is 0 Å². The molecule has 7 heteroatoms. The molecule has 0 fully saturated rings. The van der Waals surface area contributed by atoms with E-state index in [1.807, 2.05) is 24.4 Å². The molecule has 0 saturated heterocycles. The molecule has 2 amide bonds. The summed E-state index contributed by atoms with van der Waals surface area (Å²) in [5.41, 5.74) is -0.323. The first-order valence-corrected chi connectivity index (χ1v) is 7.78. The molecular weight excluding hydrogens is 310 g/mol. The number of nitrogens with zero attached hydrogens (tertiary/aromatic N) is 1. The molecule has 1 atom stereocenters. The Hall–Kier alpha value is -2.54. The zero-order valence-corrected chi connectivity index (χ0v) is 14.0. The van der Waals surface area contributed by atoms with Crippen LogP contribution < -0.4 is 10.6 Å². The van der Waals surface area contributed by atoms with Crippen molar-refractivity contribution < 1.29 is 19.8 Å². The molecule has 1 heterocycles. The number of urea groups is 1. The summed E-state index contributed by atoms with van der Waals surface area (Å²) in [6.45, 7) is 5.96. The Morgan fingerprint density at radius 1 is 1.29 bits per heavy atom. The van der Waals surface area contributed by atoms with Crippen LogP contribution in [0.3, 0.4) is 0 Å². The number of carboxylic acid groups (broad SMARTS) is 1. The molecule has 0 radical (unpaired) electrons. The van der Waals surface area contributed by atoms with Gasteiger partial charge in [-0.25, -0.2) is 9.59 Å². The van der Waals surface area contributed by atoms with Gasteiger partial charge in [0.15, 0.2) is 5.60 Å². The molecule has 0 bridgehead atoms. The molecule has 2 aromatic rings. The molecule has 0 aliphatic heterocycles. The van der Waals surface area contributed by atoms with Crippen LogP contribution in [0.1, 0.15) is 20.8 Å². The van der Waals surface area contributed by atoms with Crippen molar-refractivity contribution in [3.8, 4) is 0 Å². The number of anilines is 1. The van der Waals surface area contributed by atoms with Crippen molar-refractivity contribution in [3.63, 3.8) is 0 Å². The molecule has 130 valence electrons. The van der Waals surface area contributed by atoms with Crippen molar-refractivity contribution in [1.29, 1.82) is 0 Å². The first-order chi connectivity index (χ1) is 11.2. The molecule has 0 saturated carbocycles. The van der Waals surface area contributed by atoms with Crippen molar-refractivity contribution in [2.24, 2.45) is 5.92 Å². The summed E-state index contributed by atoms with van der Waals surface area (Å²) in [6.07, 6.45) is 2.01. The molecule has 1 unspecified atom stereocenters. The highest BCUT2D eigenvalue weighted by Gasteiger charge is 2.30. The number of carbonyl (C=O) groups is 2. The molecule has 0 aliphatic rings. The summed E-state index contributed by atoms with van der Waals surface area (Å²) >= 11 is 0. The van der Waals surface area contributed by atoms with Gasteiger partial charge >= 0.3 is 12.0 Å². The second kappa shape index (κ2) is 6.92. The molecular formula is C17H23N3O4. The topological polar surface area (TPSA) is 104 Å². The highest BCUT2D eigenvalue weighted by atomic mass is 16.4. The van der Waals surface area contributed by atoms with Crippen molar-refractivity contribution in [2.45, 2.75) is 32.9 Å². The van der Waals surface area contributed by atoms with E-state index in [1.165, 1.54) is 0 Å². The maximum atomic E-state index is 11.8. The van der Waals surface area contributed by atoms with E-state index in [0.717, 1.165) is 24.4 Å². The second-order valence-corrected chi connectivity index (χ2v) is 6.52. The first-order valence-electron chi connectivity index (χ1n) is 7.78. The van der Waals surface area contributed by atoms with E-state index < -0.39 is 17.6 Å². The monoisotopic (exact) mass is 333 g/mol. The lowest BCUT2D eigenvalue weighted by Gasteiger charge is -2.18. The molecule has 7 nitrogen and oxygen atoms in total. The number of aromatic nitrogens is 1. The molecule has 2 rings (SSSR count). The van der Waals surface area contributed by atoms with Crippen molar-refractivity contribution in [3.05, 3.63) is 30.5 Å². The maximum Gasteiger partial charge on any atom is 0.337 e. The van der Waals surface area contributed by atoms with Crippen molar-refractivity contribution in [2.75, 3.05) is 11.9 Å². The minimum absolute atomic E-state index is 0.388. The van der Waals surface area contributed by atoms with Gasteiger partial charge in [-0.05, 0) is 37.1 Å². The standard InChI is InChI=1S/C17H23N3O4/c1-11(2)9-20-7-6-12-8-13(4-5-14(12)20)19-16(23)18-10-17(3,24)15(21)22/h4-8,11,24H,9-10H2,1-3H3,(H,21,22)(H2,18,19,23). The summed E-state index contributed by atoms with van der Waals surface area (Å²) in [4.78, 5) is 22.6. The summed E-state index contributed by atoms with van der Waals surface area (Å²) in [5, 5.41) is 24.4. The predicted octanol–water partition coefficient (Wildman–Crippen LogP) is 2.25. The van der Waals surface area contributed by atoms with Crippen LogP contribution in [0.25, 0.3) is 10.9 Å². The number of benzene rings is 1. The lowest BCUT2D eigenvalue weighted by Crippen LogP contribution is -2.47. The third-order valence-corrected chi connectivity index (χ3v) is 3.64. The first kappa shape index (κ1) is 17.8. The maximum absolute atomic E-state index is 11.8. The van der Waals surface area contributed by atoms with Gasteiger partial charge in [0.1, 0.15) is 0 Å². The minimum atomic E-state index is -2.00. The van der Waals surface area contributed by atoms with Gasteiger partial charge in [0, 0.05) is 29.3 Å². The molecule has 4 N–H and O–H groups in total. The fraction of sp³-hybridized carbons (Fsp3) is 0.412. The Morgan fingerprint density at radius 3 is 2.62 bits per heavy atom. The quantitative estimate of drug-likeness (QED) is 0.651. The van der Waals surface area contributed by atoms with Gasteiger partial charge in [-0.3, -0.25) is 0 Å². The van der Waals surface area contributed by atoms with Gasteiger partial charge in [0.05, 0.1) is 6.54 Å². The minimum Gasteiger partial charge on any atom is -0.479 e. The Labute approximate surface area is 140 Å². The molecule has 24 heavy (non-hydrogen) atoms. The van der Waals surface area contributed by atoms with Gasteiger partial charge in [-0.15, -0.1) is 0 Å². The molecule has 0 aliphatic carbocycles. The summed E-state index contributed by atoms with van der Waals surface area (Å²) in [6, 6.07) is 6.98. The van der Waals surface area contributed by atoms with Gasteiger partial charge < -0.3 is 25.4 Å². The van der Waals surface area contributed by atoms with Crippen LogP contribution in [0.15, 0.2) is 30.5 Å². The normalized spacial score (nSPS) is 13.7. The van der Waals surface area contributed by atoms with Gasteiger partial charge in [-0.2, -0.15) is 0 Å². The van der Waals surface area contributed by atoms with E-state index in [0.29, 0.717) is 11.6 Å². The summed E-state index contributed by atoms with van der Waals surface area (Å²) in [7, 11) is 0. The van der Waals surface area contributed by atoms with Gasteiger partial charge in [0.25, 0.3) is 0 Å². The zero-order chi connectivity index (χ0) is 17.9. The second-order valence-electron chi connectivity index (χ2n) is 6.52. The van der Waals surface area contributed by atoms with E-state index in [2.05, 4.69) is 29.0 Å². The number of carboxylic acids is 1.